The molecule has 10 heteroatoms. The molecule has 0 radical (unpaired) electrons. The molecule has 0 fully saturated rings. The molecule has 188 valence electrons. The zero-order chi connectivity index (χ0) is 26.1. The van der Waals surface area contributed by atoms with Crippen molar-refractivity contribution < 1.29 is 24.1 Å². The first-order chi connectivity index (χ1) is 17.2. The van der Waals surface area contributed by atoms with Crippen molar-refractivity contribution in [1.29, 1.82) is 0 Å². The lowest BCUT2D eigenvalue weighted by Gasteiger charge is -2.26. The fourth-order valence-corrected chi connectivity index (χ4v) is 5.45. The number of aromatic nitrogens is 1. The smallest absolute Gasteiger partial charge is 0.338 e. The molecule has 8 nitrogen and oxygen atoms in total. The number of allylic oxidation sites excluding steroid dienone is 1. The largest absolute Gasteiger partial charge is 0.504 e. The monoisotopic (exact) mass is 572 g/mol. The minimum Gasteiger partial charge on any atom is -0.504 e. The van der Waals surface area contributed by atoms with Crippen LogP contribution in [0.15, 0.2) is 61.9 Å². The Bertz CT molecular complexity index is 1550. The molecule has 0 spiro atoms. The first-order valence-electron chi connectivity index (χ1n) is 11.1. The van der Waals surface area contributed by atoms with Crippen molar-refractivity contribution in [3.8, 4) is 17.2 Å². The number of halogens is 1. The number of hydrogen-bond acceptors (Lipinski definition) is 8. The molecule has 1 atom stereocenters. The van der Waals surface area contributed by atoms with E-state index in [2.05, 4.69) is 20.9 Å². The number of thiazole rings is 1. The van der Waals surface area contributed by atoms with Gasteiger partial charge in [-0.15, -0.1) is 0 Å². The van der Waals surface area contributed by atoms with Gasteiger partial charge in [0.05, 0.1) is 36.1 Å². The molecule has 1 aliphatic heterocycles. The summed E-state index contributed by atoms with van der Waals surface area (Å²) in [6.07, 6.45) is 1.23. The van der Waals surface area contributed by atoms with E-state index in [1.165, 1.54) is 18.8 Å². The van der Waals surface area contributed by atoms with E-state index < -0.39 is 12.0 Å². The van der Waals surface area contributed by atoms with Crippen LogP contribution in [0.5, 0.6) is 17.2 Å². The van der Waals surface area contributed by atoms with Crippen molar-refractivity contribution in [3.63, 3.8) is 0 Å². The van der Waals surface area contributed by atoms with Gasteiger partial charge in [0.15, 0.2) is 16.3 Å². The molecule has 3 aromatic rings. The predicted molar refractivity (Wildman–Crippen MR) is 140 cm³/mol. The minimum absolute atomic E-state index is 0.0755. The number of benzene rings is 2. The van der Waals surface area contributed by atoms with Crippen LogP contribution < -0.4 is 24.4 Å². The van der Waals surface area contributed by atoms with Crippen molar-refractivity contribution in [2.75, 3.05) is 14.2 Å². The average Bonchev–Trinajstić information content (AvgIpc) is 3.13. The molecule has 2 heterocycles. The molecule has 4 rings (SSSR count). The lowest BCUT2D eigenvalue weighted by molar-refractivity contribution is -0.143. The third-order valence-electron chi connectivity index (χ3n) is 5.61. The van der Waals surface area contributed by atoms with Crippen molar-refractivity contribution in [1.82, 2.24) is 4.57 Å². The number of phenols is 1. The highest BCUT2D eigenvalue weighted by Gasteiger charge is 2.35. The van der Waals surface area contributed by atoms with Gasteiger partial charge in [0.2, 0.25) is 0 Å². The van der Waals surface area contributed by atoms with Crippen molar-refractivity contribution in [3.05, 3.63) is 83.0 Å². The number of nitrogens with zero attached hydrogens (tertiary/aromatic N) is 2. The van der Waals surface area contributed by atoms with Crippen molar-refractivity contribution in [2.45, 2.75) is 32.9 Å². The van der Waals surface area contributed by atoms with Crippen LogP contribution in [0.25, 0.3) is 6.08 Å². The summed E-state index contributed by atoms with van der Waals surface area (Å²) in [5.74, 6) is 0.169. The molecule has 0 saturated heterocycles. The molecule has 0 bridgehead atoms. The molecule has 1 N–H and O–H groups in total. The Labute approximate surface area is 219 Å². The lowest BCUT2D eigenvalue weighted by atomic mass is 9.95. The predicted octanol–water partition coefficient (Wildman–Crippen LogP) is 3.67. The number of aromatic hydroxyl groups is 1. The molecule has 0 amide bonds. The summed E-state index contributed by atoms with van der Waals surface area (Å²) in [5, 5.41) is 10.5. The lowest BCUT2D eigenvalue weighted by Crippen LogP contribution is -2.40. The summed E-state index contributed by atoms with van der Waals surface area (Å²) >= 11 is 4.66. The van der Waals surface area contributed by atoms with Crippen LogP contribution in [0.3, 0.4) is 0 Å². The first-order valence-corrected chi connectivity index (χ1v) is 12.7. The van der Waals surface area contributed by atoms with Crippen LogP contribution in [0.4, 0.5) is 0 Å². The van der Waals surface area contributed by atoms with Crippen LogP contribution in [0, 0.1) is 0 Å². The minimum atomic E-state index is -0.832. The third-order valence-corrected chi connectivity index (χ3v) is 7.08. The number of phenolic OH excluding ortho intramolecular Hbond substituents is 1. The fraction of sp³-hybridized carbons (Fsp3) is 0.269. The molecule has 0 aliphatic carbocycles. The number of hydrogen-bond donors (Lipinski definition) is 1. The molecule has 36 heavy (non-hydrogen) atoms. The van der Waals surface area contributed by atoms with E-state index in [-0.39, 0.29) is 23.0 Å². The Kier molecular flexibility index (Phi) is 7.37. The number of esters is 1. The van der Waals surface area contributed by atoms with Gasteiger partial charge in [-0.05, 0) is 51.1 Å². The second kappa shape index (κ2) is 10.3. The summed E-state index contributed by atoms with van der Waals surface area (Å²) < 4.78 is 18.9. The zero-order valence-corrected chi connectivity index (χ0v) is 22.8. The Morgan fingerprint density at radius 3 is 2.58 bits per heavy atom. The highest BCUT2D eigenvalue weighted by Crippen LogP contribution is 2.37. The van der Waals surface area contributed by atoms with E-state index in [0.717, 1.165) is 15.8 Å². The molecular formula is C26H25BrN2O6S. The van der Waals surface area contributed by atoms with E-state index in [1.807, 2.05) is 12.1 Å². The van der Waals surface area contributed by atoms with Crippen molar-refractivity contribution in [2.24, 2.45) is 4.99 Å². The van der Waals surface area contributed by atoms with Gasteiger partial charge < -0.3 is 19.3 Å². The number of para-hydroxylation sites is 1. The molecule has 0 saturated carbocycles. The zero-order valence-electron chi connectivity index (χ0n) is 20.4. The van der Waals surface area contributed by atoms with Gasteiger partial charge in [0.25, 0.3) is 5.56 Å². The van der Waals surface area contributed by atoms with Gasteiger partial charge in [-0.1, -0.05) is 39.4 Å². The van der Waals surface area contributed by atoms with Gasteiger partial charge in [0, 0.05) is 15.6 Å². The van der Waals surface area contributed by atoms with E-state index >= 15 is 0 Å². The Balaban J connectivity index is 2.01. The number of ether oxygens (including phenoxy) is 3. The van der Waals surface area contributed by atoms with Crippen molar-refractivity contribution >= 4 is 39.3 Å². The van der Waals surface area contributed by atoms with Gasteiger partial charge in [-0.25, -0.2) is 9.79 Å². The molecule has 1 aromatic heterocycles. The van der Waals surface area contributed by atoms with Crippen LogP contribution in [-0.4, -0.2) is 36.0 Å². The maximum absolute atomic E-state index is 13.8. The fourth-order valence-electron chi connectivity index (χ4n) is 4.04. The second-order valence-corrected chi connectivity index (χ2v) is 10.2. The maximum atomic E-state index is 13.8. The van der Waals surface area contributed by atoms with Gasteiger partial charge in [-0.2, -0.15) is 0 Å². The second-order valence-electron chi connectivity index (χ2n) is 8.32. The number of carbonyl (C=O) groups excluding carboxylic acids is 1. The van der Waals surface area contributed by atoms with E-state index in [0.29, 0.717) is 37.7 Å². The highest BCUT2D eigenvalue weighted by molar-refractivity contribution is 9.10. The van der Waals surface area contributed by atoms with E-state index in [9.17, 15) is 14.7 Å². The van der Waals surface area contributed by atoms with Crippen LogP contribution >= 0.6 is 27.3 Å². The van der Waals surface area contributed by atoms with Gasteiger partial charge >= 0.3 is 5.97 Å². The number of methoxy groups -OCH3 is 2. The summed E-state index contributed by atoms with van der Waals surface area (Å²) in [6, 6.07) is 9.60. The standard InChI is InChI=1S/C26H25BrN2O6S/c1-13(2)35-25(32)21-14(3)28-26-29(22(21)17-12-16(27)9-10-18(17)33-4)24(31)20(36-26)11-15-7-6-8-19(34-5)23(15)30/h6-13,22,30H,1-5H3/b20-11-/t22-/m1/s1. The van der Waals surface area contributed by atoms with E-state index in [4.69, 9.17) is 14.2 Å². The van der Waals surface area contributed by atoms with Crippen LogP contribution in [0.2, 0.25) is 0 Å². The van der Waals surface area contributed by atoms with Gasteiger partial charge in [-0.3, -0.25) is 9.36 Å². The van der Waals surface area contributed by atoms with E-state index in [1.54, 1.807) is 51.1 Å². The Morgan fingerprint density at radius 1 is 1.19 bits per heavy atom. The topological polar surface area (TPSA) is 99.4 Å². The van der Waals surface area contributed by atoms with Gasteiger partial charge in [0.1, 0.15) is 11.8 Å². The maximum Gasteiger partial charge on any atom is 0.338 e. The molecule has 0 unspecified atom stereocenters. The van der Waals surface area contributed by atoms with Crippen LogP contribution in [0.1, 0.15) is 37.9 Å². The summed E-state index contributed by atoms with van der Waals surface area (Å²) in [5.41, 5.74) is 1.36. The quantitative estimate of drug-likeness (QED) is 0.452. The Hall–Kier alpha value is -3.37. The molecular weight excluding hydrogens is 548 g/mol. The summed E-state index contributed by atoms with van der Waals surface area (Å²) in [6.45, 7) is 5.25. The first kappa shape index (κ1) is 25.7. The molecule has 2 aromatic carbocycles. The third kappa shape index (κ3) is 4.70. The molecule has 1 aliphatic rings. The SMILES string of the molecule is COc1ccc(Br)cc1[C@@H]1C(C(=O)OC(C)C)=C(C)N=c2s/c(=C\c3cccc(OC)c3O)c(=O)n21. The Morgan fingerprint density at radius 2 is 1.92 bits per heavy atom. The summed E-state index contributed by atoms with van der Waals surface area (Å²) in [7, 11) is 2.99. The number of carbonyl (C=O) groups is 1. The van der Waals surface area contributed by atoms with Crippen LogP contribution in [-0.2, 0) is 9.53 Å². The normalized spacial score (nSPS) is 15.5. The highest BCUT2D eigenvalue weighted by atomic mass is 79.9. The average molecular weight is 573 g/mol. The number of rotatable bonds is 6. The number of fused-ring (bicyclic) bond motifs is 1. The summed E-state index contributed by atoms with van der Waals surface area (Å²) in [4.78, 5) is 32.1.